The van der Waals surface area contributed by atoms with Crippen molar-refractivity contribution in [3.8, 4) is 40.1 Å². The minimum atomic E-state index is 0.597. The van der Waals surface area contributed by atoms with Crippen molar-refractivity contribution in [3.63, 3.8) is 0 Å². The van der Waals surface area contributed by atoms with E-state index in [2.05, 4.69) is 218 Å². The molecule has 0 aliphatic rings. The number of para-hydroxylation sites is 6. The summed E-state index contributed by atoms with van der Waals surface area (Å²) < 4.78 is 9.52. The molecule has 66 heavy (non-hydrogen) atoms. The van der Waals surface area contributed by atoms with Gasteiger partial charge in [-0.25, -0.2) is 4.98 Å². The average molecular weight is 841 g/mol. The second kappa shape index (κ2) is 13.9. The van der Waals surface area contributed by atoms with Crippen LogP contribution in [0.25, 0.3) is 121 Å². The molecule has 5 heterocycles. The third kappa shape index (κ3) is 5.02. The van der Waals surface area contributed by atoms with Gasteiger partial charge in [-0.1, -0.05) is 127 Å². The van der Waals surface area contributed by atoms with Crippen LogP contribution in [0.1, 0.15) is 5.56 Å². The maximum atomic E-state index is 10.7. The molecule has 6 heteroatoms. The Kier molecular flexibility index (Phi) is 7.65. The highest BCUT2D eigenvalue weighted by Crippen LogP contribution is 2.45. The predicted octanol–water partition coefficient (Wildman–Crippen LogP) is 15.0. The van der Waals surface area contributed by atoms with Crippen molar-refractivity contribution in [2.75, 3.05) is 0 Å². The van der Waals surface area contributed by atoms with Crippen LogP contribution in [0.4, 0.5) is 0 Å². The number of aromatic nitrogens is 5. The van der Waals surface area contributed by atoms with Crippen molar-refractivity contribution in [2.24, 2.45) is 0 Å². The largest absolute Gasteiger partial charge is 0.309 e. The average Bonchev–Trinajstić information content (AvgIpc) is 4.09. The van der Waals surface area contributed by atoms with Gasteiger partial charge in [0.15, 0.2) is 5.82 Å². The van der Waals surface area contributed by atoms with E-state index in [0.717, 1.165) is 99.7 Å². The molecular weight excluding hydrogens is 805 g/mol. The highest BCUT2D eigenvalue weighted by atomic mass is 15.1. The van der Waals surface area contributed by atoms with Crippen molar-refractivity contribution in [1.82, 2.24) is 23.3 Å². The van der Waals surface area contributed by atoms with E-state index < -0.39 is 0 Å². The smallest absolute Gasteiger partial charge is 0.162 e. The van der Waals surface area contributed by atoms with Crippen LogP contribution in [0.5, 0.6) is 0 Å². The molecule has 0 saturated heterocycles. The lowest BCUT2D eigenvalue weighted by molar-refractivity contribution is 1.03. The number of fused-ring (bicyclic) bond motifs is 12. The van der Waals surface area contributed by atoms with Crippen LogP contribution in [-0.4, -0.2) is 23.3 Å². The van der Waals surface area contributed by atoms with Gasteiger partial charge in [0.05, 0.1) is 61.5 Å². The lowest BCUT2D eigenvalue weighted by atomic mass is 9.99. The van der Waals surface area contributed by atoms with E-state index >= 15 is 0 Å². The summed E-state index contributed by atoms with van der Waals surface area (Å²) in [5.41, 5.74) is 14.1. The van der Waals surface area contributed by atoms with E-state index in [1.54, 1.807) is 0 Å². The zero-order valence-electron chi connectivity index (χ0n) is 35.5. The fraction of sp³-hybridized carbons (Fsp3) is 0. The number of pyridine rings is 1. The number of hydrogen-bond donors (Lipinski definition) is 0. The third-order valence-electron chi connectivity index (χ3n) is 13.6. The van der Waals surface area contributed by atoms with E-state index in [-0.39, 0.29) is 0 Å². The summed E-state index contributed by atoms with van der Waals surface area (Å²) in [4.78, 5) is 5.45. The van der Waals surface area contributed by atoms with Crippen LogP contribution >= 0.6 is 0 Å². The zero-order chi connectivity index (χ0) is 43.5. The number of nitrogens with zero attached hydrogens (tertiary/aromatic N) is 6. The van der Waals surface area contributed by atoms with Crippen LogP contribution < -0.4 is 0 Å². The Morgan fingerprint density at radius 2 is 0.712 bits per heavy atom. The third-order valence-corrected chi connectivity index (χ3v) is 13.6. The van der Waals surface area contributed by atoms with Crippen LogP contribution in [0.15, 0.2) is 219 Å². The lowest BCUT2D eigenvalue weighted by Gasteiger charge is -2.20. The Morgan fingerprint density at radius 1 is 0.318 bits per heavy atom. The Balaban J connectivity index is 1.17. The quantitative estimate of drug-likeness (QED) is 0.173. The van der Waals surface area contributed by atoms with Gasteiger partial charge < -0.3 is 13.7 Å². The van der Waals surface area contributed by atoms with E-state index in [0.29, 0.717) is 5.56 Å². The van der Waals surface area contributed by atoms with Gasteiger partial charge in [0.25, 0.3) is 0 Å². The van der Waals surface area contributed by atoms with Gasteiger partial charge in [0, 0.05) is 71.8 Å². The first-order valence-corrected chi connectivity index (χ1v) is 22.3. The Bertz CT molecular complexity index is 4350. The molecule has 6 nitrogen and oxygen atoms in total. The highest BCUT2D eigenvalue weighted by molar-refractivity contribution is 6.21. The summed E-state index contributed by atoms with van der Waals surface area (Å²) in [5.74, 6) is 0.763. The molecule has 9 aromatic carbocycles. The number of hydrogen-bond acceptors (Lipinski definition) is 2. The van der Waals surface area contributed by atoms with Gasteiger partial charge in [-0.3, -0.25) is 4.57 Å². The number of rotatable bonds is 5. The van der Waals surface area contributed by atoms with Gasteiger partial charge in [0.2, 0.25) is 0 Å². The first-order valence-electron chi connectivity index (χ1n) is 22.3. The first-order chi connectivity index (χ1) is 32.7. The number of benzene rings is 9. The van der Waals surface area contributed by atoms with Gasteiger partial charge in [0.1, 0.15) is 0 Å². The molecular formula is C60H36N6. The fourth-order valence-corrected chi connectivity index (χ4v) is 10.9. The summed E-state index contributed by atoms with van der Waals surface area (Å²) in [5, 5.41) is 20.0. The normalized spacial score (nSPS) is 11.9. The van der Waals surface area contributed by atoms with Crippen molar-refractivity contribution in [1.29, 1.82) is 5.26 Å². The molecule has 0 radical (unpaired) electrons. The molecule has 0 bridgehead atoms. The minimum Gasteiger partial charge on any atom is -0.309 e. The van der Waals surface area contributed by atoms with E-state index in [1.807, 2.05) is 24.4 Å². The second-order valence-electron chi connectivity index (χ2n) is 17.0. The SMILES string of the molecule is N#Cc1ccccc1-c1ccnc(-n2c3ccccc3c3cc4c5ccccc5n(-c5ccccc5)c4cc32)c1-n1c2ccccc2c2cc3c4ccccc4n(-c4ccccc4)c3cc21. The summed E-state index contributed by atoms with van der Waals surface area (Å²) in [6.07, 6.45) is 1.90. The summed E-state index contributed by atoms with van der Waals surface area (Å²) >= 11 is 0. The Hall–Kier alpha value is -9.18. The first kappa shape index (κ1) is 36.3. The summed E-state index contributed by atoms with van der Waals surface area (Å²) in [6.45, 7) is 0. The topological polar surface area (TPSA) is 56.4 Å². The lowest BCUT2D eigenvalue weighted by Crippen LogP contribution is -2.08. The van der Waals surface area contributed by atoms with Crippen LogP contribution in [-0.2, 0) is 0 Å². The molecule has 0 fully saturated rings. The molecule has 0 N–H and O–H groups in total. The molecule has 0 saturated carbocycles. The molecule has 0 unspecified atom stereocenters. The van der Waals surface area contributed by atoms with Gasteiger partial charge in [-0.05, 0) is 84.9 Å². The van der Waals surface area contributed by atoms with Crippen LogP contribution in [0, 0.1) is 11.3 Å². The molecule has 0 amide bonds. The molecule has 0 spiro atoms. The van der Waals surface area contributed by atoms with Crippen molar-refractivity contribution in [3.05, 3.63) is 224 Å². The van der Waals surface area contributed by atoms with E-state index in [4.69, 9.17) is 4.98 Å². The monoisotopic (exact) mass is 840 g/mol. The van der Waals surface area contributed by atoms with Crippen molar-refractivity contribution >= 4 is 87.2 Å². The second-order valence-corrected chi connectivity index (χ2v) is 17.0. The maximum absolute atomic E-state index is 10.7. The van der Waals surface area contributed by atoms with Crippen LogP contribution in [0.2, 0.25) is 0 Å². The zero-order valence-corrected chi connectivity index (χ0v) is 35.5. The Labute approximate surface area is 378 Å². The molecule has 0 aliphatic carbocycles. The van der Waals surface area contributed by atoms with E-state index in [9.17, 15) is 5.26 Å². The van der Waals surface area contributed by atoms with Crippen molar-refractivity contribution < 1.29 is 0 Å². The Morgan fingerprint density at radius 3 is 1.21 bits per heavy atom. The van der Waals surface area contributed by atoms with Crippen LogP contribution in [0.3, 0.4) is 0 Å². The summed E-state index contributed by atoms with van der Waals surface area (Å²) in [7, 11) is 0. The molecule has 14 rings (SSSR count). The predicted molar refractivity (Wildman–Crippen MR) is 272 cm³/mol. The standard InChI is InChI=1S/C60H36N6/c61-37-38-17-7-8-22-41(38)46-31-32-62-60(66-54-30-16-12-26-45(54)50-34-48-43-24-10-14-28-52(43)64(56(48)36-58(50)66)40-20-5-2-6-21-40)59(46)65-53-29-15-11-25-44(53)49-33-47-42-23-9-13-27-51(42)63(55(47)35-57(49)65)39-18-3-1-4-19-39/h1-36H. The minimum absolute atomic E-state index is 0.597. The molecule has 0 atom stereocenters. The van der Waals surface area contributed by atoms with Gasteiger partial charge >= 0.3 is 0 Å². The number of nitriles is 1. The van der Waals surface area contributed by atoms with Crippen molar-refractivity contribution in [2.45, 2.75) is 0 Å². The van der Waals surface area contributed by atoms with E-state index in [1.165, 1.54) is 21.5 Å². The molecule has 14 aromatic rings. The van der Waals surface area contributed by atoms with Gasteiger partial charge in [-0.15, -0.1) is 0 Å². The maximum Gasteiger partial charge on any atom is 0.162 e. The molecule has 5 aromatic heterocycles. The highest BCUT2D eigenvalue weighted by Gasteiger charge is 2.27. The van der Waals surface area contributed by atoms with Gasteiger partial charge in [-0.2, -0.15) is 5.26 Å². The fourth-order valence-electron chi connectivity index (χ4n) is 10.9. The molecule has 306 valence electrons. The molecule has 0 aliphatic heterocycles. The summed E-state index contributed by atoms with van der Waals surface area (Å²) in [6, 6.07) is 78.0.